The molecule has 3 heterocycles. The van der Waals surface area contributed by atoms with Gasteiger partial charge < -0.3 is 19.6 Å². The van der Waals surface area contributed by atoms with E-state index in [9.17, 15) is 31.1 Å². The summed E-state index contributed by atoms with van der Waals surface area (Å²) in [5.41, 5.74) is -2.58. The molecule has 2 aliphatic heterocycles. The van der Waals surface area contributed by atoms with Gasteiger partial charge in [-0.25, -0.2) is 4.79 Å². The first kappa shape index (κ1) is 27.0. The maximum Gasteiger partial charge on any atom is 0.416 e. The fraction of sp³-hybridized carbons (Fsp3) is 0.565. The molecule has 0 aliphatic carbocycles. The molecule has 1 N–H and O–H groups in total. The molecule has 204 valence electrons. The predicted octanol–water partition coefficient (Wildman–Crippen LogP) is 3.58. The molecule has 0 unspecified atom stereocenters. The van der Waals surface area contributed by atoms with Crippen LogP contribution in [0.5, 0.6) is 0 Å². The van der Waals surface area contributed by atoms with Crippen LogP contribution >= 0.6 is 0 Å². The zero-order valence-corrected chi connectivity index (χ0v) is 19.9. The molecule has 1 amide bonds. The Morgan fingerprint density at radius 2 is 1.57 bits per heavy atom. The third-order valence-corrected chi connectivity index (χ3v) is 6.38. The molecule has 0 atom stereocenters. The van der Waals surface area contributed by atoms with Crippen molar-refractivity contribution in [1.29, 1.82) is 0 Å². The van der Waals surface area contributed by atoms with Crippen molar-refractivity contribution < 1.29 is 41.0 Å². The SMILES string of the molecule is O=C(OCc1cc(C(F)(F)F)cc(C(F)(F)F)c1)N1CCCn2nc(N3CCN(CCO)CC3)cc2C1. The highest BCUT2D eigenvalue weighted by atomic mass is 19.4. The second kappa shape index (κ2) is 10.8. The summed E-state index contributed by atoms with van der Waals surface area (Å²) in [5.74, 6) is 0.762. The zero-order chi connectivity index (χ0) is 26.8. The van der Waals surface area contributed by atoms with Crippen molar-refractivity contribution in [3.63, 3.8) is 0 Å². The number of fused-ring (bicyclic) bond motifs is 1. The van der Waals surface area contributed by atoms with Gasteiger partial charge in [-0.3, -0.25) is 9.58 Å². The van der Waals surface area contributed by atoms with Gasteiger partial charge in [0.1, 0.15) is 6.61 Å². The molecule has 2 aromatic rings. The number of piperazine rings is 1. The van der Waals surface area contributed by atoms with Crippen molar-refractivity contribution in [2.75, 3.05) is 50.8 Å². The predicted molar refractivity (Wildman–Crippen MR) is 120 cm³/mol. The third-order valence-electron chi connectivity index (χ3n) is 6.38. The number of hydrogen-bond acceptors (Lipinski definition) is 6. The second-order valence-electron chi connectivity index (χ2n) is 9.01. The molecule has 2 aliphatic rings. The van der Waals surface area contributed by atoms with E-state index in [2.05, 4.69) is 14.9 Å². The number of β-amino-alcohol motifs (C(OH)–C–C–N with tert-alkyl or cyclic N) is 1. The number of aryl methyl sites for hydroxylation is 1. The number of aromatic nitrogens is 2. The van der Waals surface area contributed by atoms with Gasteiger partial charge >= 0.3 is 18.4 Å². The topological polar surface area (TPSA) is 74.1 Å². The second-order valence-corrected chi connectivity index (χ2v) is 9.01. The lowest BCUT2D eigenvalue weighted by atomic mass is 10.1. The number of hydrogen-bond donors (Lipinski definition) is 1. The Kier molecular flexibility index (Phi) is 7.88. The quantitative estimate of drug-likeness (QED) is 0.591. The molecule has 4 rings (SSSR count). The molecule has 0 radical (unpaired) electrons. The Bertz CT molecular complexity index is 1060. The Balaban J connectivity index is 1.41. The summed E-state index contributed by atoms with van der Waals surface area (Å²) in [7, 11) is 0. The molecule has 8 nitrogen and oxygen atoms in total. The van der Waals surface area contributed by atoms with Gasteiger partial charge in [-0.15, -0.1) is 0 Å². The number of aliphatic hydroxyl groups is 1. The molecule has 1 aromatic carbocycles. The number of amides is 1. The van der Waals surface area contributed by atoms with Crippen LogP contribution in [0.1, 0.15) is 28.8 Å². The van der Waals surface area contributed by atoms with Crippen molar-refractivity contribution in [3.8, 4) is 0 Å². The number of aliphatic hydroxyl groups excluding tert-OH is 1. The Hall–Kier alpha value is -3.00. The molecule has 0 saturated carbocycles. The van der Waals surface area contributed by atoms with Crippen LogP contribution in [0.15, 0.2) is 24.3 Å². The van der Waals surface area contributed by atoms with Gasteiger partial charge in [-0.2, -0.15) is 31.4 Å². The van der Waals surface area contributed by atoms with Gasteiger partial charge in [-0.05, 0) is 30.2 Å². The van der Waals surface area contributed by atoms with Crippen molar-refractivity contribution >= 4 is 11.9 Å². The zero-order valence-electron chi connectivity index (χ0n) is 19.9. The summed E-state index contributed by atoms with van der Waals surface area (Å²) >= 11 is 0. The van der Waals surface area contributed by atoms with Crippen LogP contribution in [0, 0.1) is 0 Å². The molecule has 0 bridgehead atoms. The summed E-state index contributed by atoms with van der Waals surface area (Å²) in [4.78, 5) is 18.3. The van der Waals surface area contributed by atoms with Crippen LogP contribution in [0.3, 0.4) is 0 Å². The van der Waals surface area contributed by atoms with Crippen LogP contribution in [0.25, 0.3) is 0 Å². The summed E-state index contributed by atoms with van der Waals surface area (Å²) < 4.78 is 85.5. The first-order valence-electron chi connectivity index (χ1n) is 11.8. The van der Waals surface area contributed by atoms with E-state index in [0.29, 0.717) is 38.2 Å². The Morgan fingerprint density at radius 1 is 0.919 bits per heavy atom. The van der Waals surface area contributed by atoms with E-state index in [1.807, 2.05) is 6.07 Å². The summed E-state index contributed by atoms with van der Waals surface area (Å²) in [6.07, 6.45) is -10.2. The van der Waals surface area contributed by atoms with Crippen molar-refractivity contribution in [1.82, 2.24) is 19.6 Å². The number of benzene rings is 1. The first-order valence-corrected chi connectivity index (χ1v) is 11.8. The van der Waals surface area contributed by atoms with E-state index >= 15 is 0 Å². The minimum absolute atomic E-state index is 0.0331. The first-order chi connectivity index (χ1) is 17.4. The van der Waals surface area contributed by atoms with Crippen LogP contribution in [0.2, 0.25) is 0 Å². The molecular formula is C23H27F6N5O3. The van der Waals surface area contributed by atoms with E-state index < -0.39 is 41.7 Å². The highest BCUT2D eigenvalue weighted by Gasteiger charge is 2.37. The average molecular weight is 535 g/mol. The number of nitrogens with zero attached hydrogens (tertiary/aromatic N) is 5. The van der Waals surface area contributed by atoms with Crippen LogP contribution in [0.4, 0.5) is 37.0 Å². The molecule has 14 heteroatoms. The molecule has 0 spiro atoms. The minimum Gasteiger partial charge on any atom is -0.445 e. The van der Waals surface area contributed by atoms with Crippen LogP contribution in [-0.2, 0) is 36.8 Å². The van der Waals surface area contributed by atoms with Crippen LogP contribution in [-0.4, -0.2) is 76.7 Å². The number of carbonyl (C=O) groups is 1. The number of alkyl halides is 6. The van der Waals surface area contributed by atoms with E-state index in [1.165, 1.54) is 4.90 Å². The lowest BCUT2D eigenvalue weighted by Gasteiger charge is -2.34. The summed E-state index contributed by atoms with van der Waals surface area (Å²) in [6, 6.07) is 3.00. The highest BCUT2D eigenvalue weighted by molar-refractivity contribution is 5.67. The van der Waals surface area contributed by atoms with Gasteiger partial charge in [-0.1, -0.05) is 0 Å². The van der Waals surface area contributed by atoms with Crippen molar-refractivity contribution in [2.24, 2.45) is 0 Å². The Labute approximate surface area is 209 Å². The lowest BCUT2D eigenvalue weighted by Crippen LogP contribution is -2.47. The maximum atomic E-state index is 13.1. The molecular weight excluding hydrogens is 508 g/mol. The van der Waals surface area contributed by atoms with Crippen LogP contribution < -0.4 is 4.90 Å². The minimum atomic E-state index is -4.98. The molecule has 1 fully saturated rings. The van der Waals surface area contributed by atoms with E-state index in [1.54, 1.807) is 4.68 Å². The monoisotopic (exact) mass is 535 g/mol. The van der Waals surface area contributed by atoms with Gasteiger partial charge in [0.15, 0.2) is 5.82 Å². The van der Waals surface area contributed by atoms with E-state index in [4.69, 9.17) is 9.84 Å². The highest BCUT2D eigenvalue weighted by Crippen LogP contribution is 2.36. The van der Waals surface area contributed by atoms with Crippen molar-refractivity contribution in [2.45, 2.75) is 38.5 Å². The fourth-order valence-corrected chi connectivity index (χ4v) is 4.44. The largest absolute Gasteiger partial charge is 0.445 e. The molecule has 1 aromatic heterocycles. The average Bonchev–Trinajstić information content (AvgIpc) is 3.13. The van der Waals surface area contributed by atoms with Gasteiger partial charge in [0.25, 0.3) is 0 Å². The standard InChI is InChI=1S/C23H27F6N5O3/c24-22(25,26)17-10-16(11-18(12-17)23(27,28)29)15-37-21(36)33-2-1-3-34-19(14-33)13-20(30-34)32-6-4-31(5-7-32)8-9-35/h10-13,35H,1-9,14-15H2. The van der Waals surface area contributed by atoms with Crippen molar-refractivity contribution in [3.05, 3.63) is 46.6 Å². The van der Waals surface area contributed by atoms with Gasteiger partial charge in [0.2, 0.25) is 0 Å². The van der Waals surface area contributed by atoms with E-state index in [0.717, 1.165) is 37.7 Å². The lowest BCUT2D eigenvalue weighted by molar-refractivity contribution is -0.143. The number of halogens is 6. The maximum absolute atomic E-state index is 13.1. The van der Waals surface area contributed by atoms with Gasteiger partial charge in [0.05, 0.1) is 30.0 Å². The molecule has 1 saturated heterocycles. The number of anilines is 1. The molecule has 37 heavy (non-hydrogen) atoms. The smallest absolute Gasteiger partial charge is 0.416 e. The summed E-state index contributed by atoms with van der Waals surface area (Å²) in [6.45, 7) is 4.01. The van der Waals surface area contributed by atoms with E-state index in [-0.39, 0.29) is 19.2 Å². The number of carbonyl (C=O) groups excluding carboxylic acids is 1. The third kappa shape index (κ3) is 6.66. The Morgan fingerprint density at radius 3 is 2.16 bits per heavy atom. The number of ether oxygens (including phenoxy) is 1. The fourth-order valence-electron chi connectivity index (χ4n) is 4.44. The number of rotatable bonds is 5. The van der Waals surface area contributed by atoms with Gasteiger partial charge in [0, 0.05) is 51.9 Å². The normalized spacial score (nSPS) is 17.5. The summed E-state index contributed by atoms with van der Waals surface area (Å²) in [5, 5.41) is 13.7.